The minimum Gasteiger partial charge on any atom is -0.494 e. The second kappa shape index (κ2) is 11.7. The largest absolute Gasteiger partial charge is 0.494 e. The van der Waals surface area contributed by atoms with Crippen molar-refractivity contribution in [3.05, 3.63) is 89.6 Å². The fraction of sp³-hybridized carbons (Fsp3) is 0.296. The molecule has 1 aromatic heterocycles. The number of benzene rings is 2. The molecule has 4 rings (SSSR count). The van der Waals surface area contributed by atoms with Crippen LogP contribution in [0.5, 0.6) is 11.5 Å². The standard InChI is InChI=1S/C27H24ClF3N2O5S/c1-4-36-18-12-9-16(19(14-18)37-5-2)13-20-24(34)33-22(15-7-10-17(28)11-8-15)21(25(35)38-6-3)23(27(29,30)31)32-26(33)39-20/h7-14,22H,4-6H2,1-3H3/b20-13+/t22-/m1/s1. The predicted molar refractivity (Wildman–Crippen MR) is 141 cm³/mol. The molecule has 0 amide bonds. The molecule has 0 unspecified atom stereocenters. The van der Waals surface area contributed by atoms with Crippen molar-refractivity contribution in [2.45, 2.75) is 33.0 Å². The number of hydrogen-bond donors (Lipinski definition) is 0. The molecule has 0 saturated carbocycles. The molecule has 3 aromatic rings. The summed E-state index contributed by atoms with van der Waals surface area (Å²) in [5.74, 6) is -0.212. The number of fused-ring (bicyclic) bond motifs is 1. The smallest absolute Gasteiger partial charge is 0.434 e. The van der Waals surface area contributed by atoms with Gasteiger partial charge in [0.2, 0.25) is 0 Å². The van der Waals surface area contributed by atoms with E-state index in [1.165, 1.54) is 37.3 Å². The topological polar surface area (TPSA) is 79.1 Å². The summed E-state index contributed by atoms with van der Waals surface area (Å²) in [5, 5.41) is 0.336. The highest BCUT2D eigenvalue weighted by atomic mass is 35.5. The molecule has 0 bridgehead atoms. The molecular weight excluding hydrogens is 557 g/mol. The number of carbonyl (C=O) groups excluding carboxylic acids is 1. The lowest BCUT2D eigenvalue weighted by Crippen LogP contribution is -2.41. The number of alkyl halides is 3. The van der Waals surface area contributed by atoms with Crippen LogP contribution in [0, 0.1) is 0 Å². The summed E-state index contributed by atoms with van der Waals surface area (Å²) in [5.41, 5.74) is -2.05. The Labute approximate surface area is 230 Å². The summed E-state index contributed by atoms with van der Waals surface area (Å²) >= 11 is 6.78. The van der Waals surface area contributed by atoms with Crippen LogP contribution < -0.4 is 24.4 Å². The Bertz CT molecular complexity index is 1590. The molecule has 7 nitrogen and oxygen atoms in total. The first-order valence-corrected chi connectivity index (χ1v) is 13.2. The highest BCUT2D eigenvalue weighted by Gasteiger charge is 2.45. The van der Waals surface area contributed by atoms with Crippen LogP contribution in [0.25, 0.3) is 6.08 Å². The average molecular weight is 581 g/mol. The third-order valence-corrected chi connectivity index (χ3v) is 6.90. The Morgan fingerprint density at radius 2 is 1.77 bits per heavy atom. The minimum atomic E-state index is -4.99. The zero-order valence-electron chi connectivity index (χ0n) is 21.2. The van der Waals surface area contributed by atoms with Crippen LogP contribution in [0.4, 0.5) is 13.2 Å². The van der Waals surface area contributed by atoms with Gasteiger partial charge in [0.15, 0.2) is 10.5 Å². The van der Waals surface area contributed by atoms with E-state index in [-0.39, 0.29) is 21.5 Å². The molecule has 0 N–H and O–H groups in total. The van der Waals surface area contributed by atoms with Crippen LogP contribution in [-0.4, -0.2) is 36.5 Å². The second-order valence-corrected chi connectivity index (χ2v) is 9.63. The molecule has 206 valence electrons. The van der Waals surface area contributed by atoms with Gasteiger partial charge in [-0.3, -0.25) is 9.36 Å². The van der Waals surface area contributed by atoms with E-state index in [1.807, 2.05) is 6.92 Å². The third kappa shape index (κ3) is 5.89. The predicted octanol–water partition coefficient (Wildman–Crippen LogP) is 4.79. The fourth-order valence-electron chi connectivity index (χ4n) is 4.11. The maximum Gasteiger partial charge on any atom is 0.434 e. The Morgan fingerprint density at radius 1 is 1.08 bits per heavy atom. The van der Waals surface area contributed by atoms with Crippen LogP contribution in [0.15, 0.2) is 63.5 Å². The van der Waals surface area contributed by atoms with Gasteiger partial charge in [-0.15, -0.1) is 0 Å². The van der Waals surface area contributed by atoms with Gasteiger partial charge in [0.25, 0.3) is 5.56 Å². The van der Waals surface area contributed by atoms with Gasteiger partial charge in [0, 0.05) is 16.7 Å². The Morgan fingerprint density at radius 3 is 2.38 bits per heavy atom. The molecule has 0 aliphatic carbocycles. The van der Waals surface area contributed by atoms with E-state index in [2.05, 4.69) is 4.99 Å². The van der Waals surface area contributed by atoms with Gasteiger partial charge in [-0.05, 0) is 56.7 Å². The Kier molecular flexibility index (Phi) is 8.51. The fourth-order valence-corrected chi connectivity index (χ4v) is 5.23. The lowest BCUT2D eigenvalue weighted by atomic mass is 9.95. The minimum absolute atomic E-state index is 0.101. The van der Waals surface area contributed by atoms with Crippen molar-refractivity contribution in [2.24, 2.45) is 4.99 Å². The average Bonchev–Trinajstić information content (AvgIpc) is 3.20. The highest BCUT2D eigenvalue weighted by Crippen LogP contribution is 2.38. The van der Waals surface area contributed by atoms with E-state index >= 15 is 0 Å². The van der Waals surface area contributed by atoms with Crippen molar-refractivity contribution < 1.29 is 32.2 Å². The number of halogens is 4. The van der Waals surface area contributed by atoms with E-state index in [9.17, 15) is 22.8 Å². The van der Waals surface area contributed by atoms with Gasteiger partial charge in [0.1, 0.15) is 11.5 Å². The van der Waals surface area contributed by atoms with E-state index < -0.39 is 35.0 Å². The first kappa shape index (κ1) is 28.4. The van der Waals surface area contributed by atoms with Crippen molar-refractivity contribution in [3.63, 3.8) is 0 Å². The summed E-state index contributed by atoms with van der Waals surface area (Å²) in [7, 11) is 0. The molecule has 0 fully saturated rings. The van der Waals surface area contributed by atoms with Gasteiger partial charge < -0.3 is 14.2 Å². The molecule has 2 aromatic carbocycles. The number of esters is 1. The number of hydrogen-bond acceptors (Lipinski definition) is 7. The van der Waals surface area contributed by atoms with Crippen LogP contribution in [0.1, 0.15) is 37.9 Å². The van der Waals surface area contributed by atoms with E-state index in [0.29, 0.717) is 35.3 Å². The van der Waals surface area contributed by atoms with Crippen LogP contribution in [0.3, 0.4) is 0 Å². The number of thiazole rings is 1. The third-order valence-electron chi connectivity index (χ3n) is 5.66. The maximum absolute atomic E-state index is 14.2. The first-order chi connectivity index (χ1) is 18.6. The van der Waals surface area contributed by atoms with Crippen LogP contribution in [0.2, 0.25) is 5.02 Å². The number of rotatable bonds is 8. The molecule has 39 heavy (non-hydrogen) atoms. The van der Waals surface area contributed by atoms with Crippen LogP contribution >= 0.6 is 22.9 Å². The Balaban J connectivity index is 2.00. The molecule has 0 saturated heterocycles. The summed E-state index contributed by atoms with van der Waals surface area (Å²) in [6, 6.07) is 9.48. The van der Waals surface area contributed by atoms with Gasteiger partial charge in [0.05, 0.1) is 36.0 Å². The van der Waals surface area contributed by atoms with Crippen molar-refractivity contribution >= 4 is 35.0 Å². The number of carbonyl (C=O) groups is 1. The number of nitrogens with zero attached hydrogens (tertiary/aromatic N) is 2. The summed E-state index contributed by atoms with van der Waals surface area (Å²) in [4.78, 5) is 30.2. The lowest BCUT2D eigenvalue weighted by molar-refractivity contribution is -0.140. The van der Waals surface area contributed by atoms with Crippen molar-refractivity contribution in [1.29, 1.82) is 0 Å². The molecule has 2 heterocycles. The zero-order valence-corrected chi connectivity index (χ0v) is 22.7. The van der Waals surface area contributed by atoms with Crippen molar-refractivity contribution in [1.82, 2.24) is 4.57 Å². The van der Waals surface area contributed by atoms with Gasteiger partial charge in [-0.2, -0.15) is 13.2 Å². The van der Waals surface area contributed by atoms with E-state index in [4.69, 9.17) is 25.8 Å². The Hall–Kier alpha value is -3.57. The summed E-state index contributed by atoms with van der Waals surface area (Å²) in [6.45, 7) is 5.73. The zero-order chi connectivity index (χ0) is 28.3. The van der Waals surface area contributed by atoms with Crippen molar-refractivity contribution in [2.75, 3.05) is 19.8 Å². The number of aromatic nitrogens is 1. The molecule has 1 atom stereocenters. The quantitative estimate of drug-likeness (QED) is 0.358. The number of ether oxygens (including phenoxy) is 3. The lowest BCUT2D eigenvalue weighted by Gasteiger charge is -2.26. The molecule has 0 spiro atoms. The van der Waals surface area contributed by atoms with Gasteiger partial charge in [-0.1, -0.05) is 35.1 Å². The number of allylic oxidation sites excluding steroid dienone is 1. The summed E-state index contributed by atoms with van der Waals surface area (Å²) < 4.78 is 60.1. The van der Waals surface area contributed by atoms with Crippen molar-refractivity contribution in [3.8, 4) is 11.5 Å². The van der Waals surface area contributed by atoms with Gasteiger partial charge >= 0.3 is 12.1 Å². The normalized spacial score (nSPS) is 15.6. The second-order valence-electron chi connectivity index (χ2n) is 8.18. The monoisotopic (exact) mass is 580 g/mol. The first-order valence-electron chi connectivity index (χ1n) is 12.0. The SMILES string of the molecule is CCOC(=O)C1=C(C(F)(F)F)N=c2s/c(=C/c3ccc(OCC)cc3OCC)c(=O)n2[C@@H]1c1ccc(Cl)cc1. The molecule has 1 aliphatic heterocycles. The molecule has 1 aliphatic rings. The van der Waals surface area contributed by atoms with E-state index in [1.54, 1.807) is 25.1 Å². The molecule has 12 heteroatoms. The summed E-state index contributed by atoms with van der Waals surface area (Å²) in [6.07, 6.45) is -3.47. The van der Waals surface area contributed by atoms with Crippen LogP contribution in [-0.2, 0) is 9.53 Å². The molecule has 0 radical (unpaired) electrons. The molecular formula is C27H24ClF3N2O5S. The highest BCUT2D eigenvalue weighted by molar-refractivity contribution is 7.07. The maximum atomic E-state index is 14.2. The van der Waals surface area contributed by atoms with E-state index in [0.717, 1.165) is 15.9 Å². The van der Waals surface area contributed by atoms with Gasteiger partial charge in [-0.25, -0.2) is 9.79 Å².